The minimum absolute atomic E-state index is 0.189. The van der Waals surface area contributed by atoms with Gasteiger partial charge in [-0.1, -0.05) is 55.1 Å². The number of amides is 1. The van der Waals surface area contributed by atoms with Crippen molar-refractivity contribution in [2.75, 3.05) is 26.2 Å². The molecule has 2 aliphatic heterocycles. The summed E-state index contributed by atoms with van der Waals surface area (Å²) in [5.74, 6) is 2.54. The standard InChI is InChI=1S/C27H29Br2ClN2O2.C19H19Br2ClN2/c28-20-12-19-4-3-18-13-21(30)14-23(29)25(18)26(27(19)31-15-20)17-7-9-32(10-8-17)24(34)11-16-1-5-22(33)6-2-16;20-14-7-13-2-1-12-8-15(22)9-16(21)17(12)18(19(13)24-10-14)11-3-5-23-6-4-11/h12-17,26H,1-11H2;7-11,18,23H,1-6H2/t26-;18-/m11/s1. The van der Waals surface area contributed by atoms with Crippen LogP contribution in [0.3, 0.4) is 0 Å². The Bertz CT molecular complexity index is 2180. The molecule has 0 unspecified atom stereocenters. The fourth-order valence-corrected chi connectivity index (χ4v) is 13.3. The van der Waals surface area contributed by atoms with Crippen LogP contribution in [0.15, 0.2) is 66.7 Å². The molecule has 9 rings (SSSR count). The minimum atomic E-state index is 0.189. The number of pyridine rings is 2. The highest BCUT2D eigenvalue weighted by Crippen LogP contribution is 2.48. The van der Waals surface area contributed by atoms with Crippen LogP contribution in [0.2, 0.25) is 10.0 Å². The Hall–Kier alpha value is -1.66. The summed E-state index contributed by atoms with van der Waals surface area (Å²) in [6.45, 7) is 3.76. The van der Waals surface area contributed by atoms with Crippen molar-refractivity contribution in [1.82, 2.24) is 20.2 Å². The molecule has 2 atom stereocenters. The average molecular weight is 1080 g/mol. The van der Waals surface area contributed by atoms with Gasteiger partial charge in [-0.15, -0.1) is 0 Å². The van der Waals surface area contributed by atoms with Crippen molar-refractivity contribution in [3.8, 4) is 0 Å². The highest BCUT2D eigenvalue weighted by molar-refractivity contribution is 9.11. The number of hydrogen-bond acceptors (Lipinski definition) is 5. The summed E-state index contributed by atoms with van der Waals surface area (Å²) in [6.07, 6.45) is 15.7. The molecule has 0 bridgehead atoms. The number of carbonyl (C=O) groups is 2. The number of Topliss-reactive ketones (excluding diaryl/α,β-unsaturated/α-hetero) is 1. The number of fused-ring (bicyclic) bond motifs is 4. The molecule has 0 radical (unpaired) electrons. The Balaban J connectivity index is 0.000000172. The summed E-state index contributed by atoms with van der Waals surface area (Å²) in [7, 11) is 0. The third-order valence-electron chi connectivity index (χ3n) is 13.2. The number of aromatic nitrogens is 2. The quantitative estimate of drug-likeness (QED) is 0.220. The second kappa shape index (κ2) is 19.2. The van der Waals surface area contributed by atoms with Gasteiger partial charge < -0.3 is 10.2 Å². The van der Waals surface area contributed by atoms with Crippen molar-refractivity contribution in [2.45, 2.75) is 95.3 Å². The summed E-state index contributed by atoms with van der Waals surface area (Å²) < 4.78 is 4.26. The molecule has 1 amide bonds. The van der Waals surface area contributed by atoms with Crippen LogP contribution in [0, 0.1) is 17.8 Å². The van der Waals surface area contributed by atoms with Gasteiger partial charge in [0.05, 0.1) is 11.4 Å². The highest BCUT2D eigenvalue weighted by atomic mass is 79.9. The maximum absolute atomic E-state index is 13.0. The van der Waals surface area contributed by atoms with Gasteiger partial charge in [0.2, 0.25) is 5.91 Å². The van der Waals surface area contributed by atoms with Crippen LogP contribution in [-0.4, -0.2) is 52.7 Å². The first-order chi connectivity index (χ1) is 28.0. The van der Waals surface area contributed by atoms with Gasteiger partial charge in [-0.3, -0.25) is 19.6 Å². The van der Waals surface area contributed by atoms with Gasteiger partial charge in [0.25, 0.3) is 0 Å². The Morgan fingerprint density at radius 1 is 0.638 bits per heavy atom. The predicted octanol–water partition coefficient (Wildman–Crippen LogP) is 12.4. The number of hydrogen-bond donors (Lipinski definition) is 1. The highest BCUT2D eigenvalue weighted by Gasteiger charge is 2.37. The van der Waals surface area contributed by atoms with E-state index in [0.29, 0.717) is 48.7 Å². The van der Waals surface area contributed by atoms with Crippen molar-refractivity contribution >= 4 is 98.6 Å². The largest absolute Gasteiger partial charge is 0.343 e. The van der Waals surface area contributed by atoms with Crippen molar-refractivity contribution in [3.63, 3.8) is 0 Å². The monoisotopic (exact) mass is 1070 g/mol. The zero-order chi connectivity index (χ0) is 40.5. The number of likely N-dealkylation sites (tertiary alicyclic amines) is 1. The number of piperidine rings is 2. The average Bonchev–Trinajstić information content (AvgIpc) is 3.47. The molecule has 2 saturated heterocycles. The Morgan fingerprint density at radius 3 is 1.60 bits per heavy atom. The Morgan fingerprint density at radius 2 is 1.10 bits per heavy atom. The zero-order valence-electron chi connectivity index (χ0n) is 32.5. The Labute approximate surface area is 385 Å². The van der Waals surface area contributed by atoms with Crippen molar-refractivity contribution in [1.29, 1.82) is 0 Å². The molecule has 306 valence electrons. The van der Waals surface area contributed by atoms with Gasteiger partial charge >= 0.3 is 0 Å². The number of nitrogens with zero attached hydrogens (tertiary/aromatic N) is 3. The molecule has 2 aromatic heterocycles. The maximum atomic E-state index is 13.0. The normalized spacial score (nSPS) is 21.4. The molecule has 12 heteroatoms. The number of rotatable bonds is 4. The molecule has 1 saturated carbocycles. The van der Waals surface area contributed by atoms with Gasteiger partial charge in [-0.2, -0.15) is 0 Å². The SMILES string of the molecule is Clc1cc(Br)c2c(c1)CCc1cc(Br)cnc1[C@@H]2C1CCNCC1.O=C1CCC(CC(=O)N2CCC([C@H]3c4ncc(Br)cc4CCc4cc(Cl)cc(Br)c43)CC2)CC1. The molecule has 2 aromatic carbocycles. The topological polar surface area (TPSA) is 75.2 Å². The van der Waals surface area contributed by atoms with Crippen LogP contribution in [0.1, 0.15) is 114 Å². The molecule has 5 aliphatic rings. The molecule has 1 N–H and O–H groups in total. The van der Waals surface area contributed by atoms with E-state index < -0.39 is 0 Å². The number of ketones is 1. The first-order valence-electron chi connectivity index (χ1n) is 20.8. The lowest BCUT2D eigenvalue weighted by Crippen LogP contribution is -2.41. The maximum Gasteiger partial charge on any atom is 0.222 e. The third-order valence-corrected chi connectivity index (χ3v) is 15.8. The fourth-order valence-electron chi connectivity index (χ4n) is 10.3. The van der Waals surface area contributed by atoms with E-state index >= 15 is 0 Å². The molecular formula is C46H48Br4Cl2N4O2. The predicted molar refractivity (Wildman–Crippen MR) is 247 cm³/mol. The number of aryl methyl sites for hydroxylation is 4. The summed E-state index contributed by atoms with van der Waals surface area (Å²) in [5, 5.41) is 5.06. The van der Waals surface area contributed by atoms with Crippen molar-refractivity contribution in [3.05, 3.63) is 121 Å². The molecule has 3 fully saturated rings. The fraction of sp³-hybridized carbons (Fsp3) is 0.478. The van der Waals surface area contributed by atoms with Crippen molar-refractivity contribution in [2.24, 2.45) is 17.8 Å². The van der Waals surface area contributed by atoms with E-state index in [-0.39, 0.29) is 11.8 Å². The van der Waals surface area contributed by atoms with Gasteiger partial charge in [0, 0.05) is 84.5 Å². The molecule has 58 heavy (non-hydrogen) atoms. The van der Waals surface area contributed by atoms with Crippen LogP contribution in [0.4, 0.5) is 0 Å². The second-order valence-corrected chi connectivity index (χ2v) is 21.2. The van der Waals surface area contributed by atoms with Gasteiger partial charge in [0.15, 0.2) is 0 Å². The lowest BCUT2D eigenvalue weighted by atomic mass is 9.76. The van der Waals surface area contributed by atoms with E-state index in [4.69, 9.17) is 33.2 Å². The summed E-state index contributed by atoms with van der Waals surface area (Å²) in [5.41, 5.74) is 10.5. The van der Waals surface area contributed by atoms with Crippen LogP contribution in [0.25, 0.3) is 0 Å². The first-order valence-corrected chi connectivity index (χ1v) is 24.7. The van der Waals surface area contributed by atoms with E-state index in [2.05, 4.69) is 98.2 Å². The molecule has 3 aliphatic carbocycles. The van der Waals surface area contributed by atoms with Crippen LogP contribution in [0.5, 0.6) is 0 Å². The first kappa shape index (κ1) is 43.0. The van der Waals surface area contributed by atoms with E-state index in [1.807, 2.05) is 24.5 Å². The van der Waals surface area contributed by atoms with Crippen LogP contribution in [-0.2, 0) is 35.3 Å². The van der Waals surface area contributed by atoms with Gasteiger partial charge in [-0.25, -0.2) is 0 Å². The molecular weight excluding hydrogens is 1030 g/mol. The number of benzene rings is 2. The van der Waals surface area contributed by atoms with Crippen LogP contribution >= 0.6 is 86.9 Å². The summed E-state index contributed by atoms with van der Waals surface area (Å²) in [4.78, 5) is 36.4. The lowest BCUT2D eigenvalue weighted by molar-refractivity contribution is -0.134. The molecule has 4 aromatic rings. The summed E-state index contributed by atoms with van der Waals surface area (Å²) >= 11 is 27.6. The van der Waals surface area contributed by atoms with Crippen LogP contribution < -0.4 is 5.32 Å². The second-order valence-electron chi connectivity index (χ2n) is 16.8. The summed E-state index contributed by atoms with van der Waals surface area (Å²) in [6, 6.07) is 12.8. The number of carbonyl (C=O) groups excluding carboxylic acids is 2. The van der Waals surface area contributed by atoms with E-state index in [0.717, 1.165) is 105 Å². The lowest BCUT2D eigenvalue weighted by Gasteiger charge is -2.37. The third kappa shape index (κ3) is 9.69. The van der Waals surface area contributed by atoms with Gasteiger partial charge in [-0.05, 0) is 197 Å². The Kier molecular flexibility index (Phi) is 14.2. The zero-order valence-corrected chi connectivity index (χ0v) is 40.3. The number of halogens is 6. The smallest absolute Gasteiger partial charge is 0.222 e. The van der Waals surface area contributed by atoms with Gasteiger partial charge in [0.1, 0.15) is 5.78 Å². The number of nitrogens with one attached hydrogen (secondary N) is 1. The minimum Gasteiger partial charge on any atom is -0.343 e. The van der Waals surface area contributed by atoms with Crippen molar-refractivity contribution < 1.29 is 9.59 Å². The molecule has 0 spiro atoms. The molecule has 6 nitrogen and oxygen atoms in total. The van der Waals surface area contributed by atoms with E-state index in [1.54, 1.807) is 0 Å². The molecule has 4 heterocycles. The van der Waals surface area contributed by atoms with E-state index in [9.17, 15) is 9.59 Å². The van der Waals surface area contributed by atoms with E-state index in [1.165, 1.54) is 57.6 Å².